The molecule has 1 unspecified atom stereocenters. The van der Waals surface area contributed by atoms with Crippen molar-refractivity contribution in [1.82, 2.24) is 4.90 Å². The average molecular weight is 806 g/mol. The number of allylic oxidation sites excluding steroid dienone is 4. The number of nitrogens with zero attached hydrogens (tertiary/aromatic N) is 1. The van der Waals surface area contributed by atoms with E-state index in [2.05, 4.69) is 63.8 Å². The Morgan fingerprint density at radius 1 is 0.456 bits per heavy atom. The molecule has 0 N–H and O–H groups in total. The lowest BCUT2D eigenvalue weighted by Gasteiger charge is -2.19. The fourth-order valence-corrected chi connectivity index (χ4v) is 7.04. The molecule has 0 fully saturated rings. The van der Waals surface area contributed by atoms with E-state index in [0.29, 0.717) is 18.8 Å². The molecule has 1 atom stereocenters. The van der Waals surface area contributed by atoms with Gasteiger partial charge in [-0.15, -0.1) is 0 Å². The minimum atomic E-state index is -0.752. The maximum Gasteiger partial charge on any atom is 0.508 e. The van der Waals surface area contributed by atoms with Crippen LogP contribution in [0.5, 0.6) is 0 Å². The van der Waals surface area contributed by atoms with Crippen LogP contribution in [-0.4, -0.2) is 69.1 Å². The van der Waals surface area contributed by atoms with Crippen molar-refractivity contribution < 1.29 is 33.3 Å². The summed E-state index contributed by atoms with van der Waals surface area (Å²) in [6.07, 6.45) is 39.5. The SMILES string of the molecule is CCCCC/C=C\C/C=C\CCCCCCCC(=O)OCC(COC(=O)CCCC(CCCCCCC)CCCCCCC)COC(=O)OCCCN(CC)CC. The summed E-state index contributed by atoms with van der Waals surface area (Å²) in [5.41, 5.74) is 0. The zero-order chi connectivity index (χ0) is 41.9. The van der Waals surface area contributed by atoms with Crippen LogP contribution in [0.25, 0.3) is 0 Å². The first-order chi connectivity index (χ1) is 27.9. The first-order valence-corrected chi connectivity index (χ1v) is 24.0. The van der Waals surface area contributed by atoms with Gasteiger partial charge in [-0.25, -0.2) is 4.79 Å². The average Bonchev–Trinajstić information content (AvgIpc) is 3.21. The zero-order valence-corrected chi connectivity index (χ0v) is 38.0. The summed E-state index contributed by atoms with van der Waals surface area (Å²) in [6.45, 7) is 14.0. The molecular weight excluding hydrogens is 715 g/mol. The number of hydrogen-bond donors (Lipinski definition) is 0. The molecule has 0 aromatic rings. The van der Waals surface area contributed by atoms with E-state index in [1.54, 1.807) is 0 Å². The highest BCUT2D eigenvalue weighted by atomic mass is 16.7. The maximum atomic E-state index is 12.8. The van der Waals surface area contributed by atoms with Gasteiger partial charge in [0.15, 0.2) is 0 Å². The molecule has 0 aliphatic rings. The topological polar surface area (TPSA) is 91.4 Å². The predicted octanol–water partition coefficient (Wildman–Crippen LogP) is 13.9. The molecule has 0 saturated heterocycles. The van der Waals surface area contributed by atoms with Gasteiger partial charge >= 0.3 is 18.1 Å². The number of ether oxygens (including phenoxy) is 4. The van der Waals surface area contributed by atoms with Crippen molar-refractivity contribution in [2.24, 2.45) is 11.8 Å². The molecule has 0 aliphatic carbocycles. The molecule has 0 saturated carbocycles. The normalized spacial score (nSPS) is 12.3. The van der Waals surface area contributed by atoms with Crippen LogP contribution >= 0.6 is 0 Å². The Morgan fingerprint density at radius 2 is 0.912 bits per heavy atom. The largest absolute Gasteiger partial charge is 0.508 e. The number of carbonyl (C=O) groups is 3. The Bertz CT molecular complexity index is 949. The second-order valence-electron chi connectivity index (χ2n) is 16.2. The predicted molar refractivity (Wildman–Crippen MR) is 239 cm³/mol. The number of hydrogen-bond acceptors (Lipinski definition) is 8. The maximum absolute atomic E-state index is 12.8. The first kappa shape index (κ1) is 54.6. The smallest absolute Gasteiger partial charge is 0.465 e. The standard InChI is InChI=1S/C49H91NO7/c1-6-11-14-17-18-19-20-21-22-23-24-25-26-29-32-38-47(51)55-42-46(44-57-49(53)54-41-34-40-50(9-4)10-5)43-56-48(52)39-33-37-45(35-30-27-15-12-7-2)36-31-28-16-13-8-3/h18-19,21-22,45-46H,6-17,20,23-44H2,1-5H3/b19-18-,22-21-. The van der Waals surface area contributed by atoms with Crippen molar-refractivity contribution in [2.45, 2.75) is 214 Å². The van der Waals surface area contributed by atoms with Crippen molar-refractivity contribution in [3.05, 3.63) is 24.3 Å². The lowest BCUT2D eigenvalue weighted by molar-refractivity contribution is -0.150. The van der Waals surface area contributed by atoms with Crippen LogP contribution in [0.1, 0.15) is 214 Å². The van der Waals surface area contributed by atoms with Crippen LogP contribution in [0.15, 0.2) is 24.3 Å². The van der Waals surface area contributed by atoms with Gasteiger partial charge in [0.25, 0.3) is 0 Å². The monoisotopic (exact) mass is 806 g/mol. The van der Waals surface area contributed by atoms with Crippen LogP contribution in [-0.2, 0) is 28.5 Å². The van der Waals surface area contributed by atoms with Gasteiger partial charge in [-0.05, 0) is 76.8 Å². The highest BCUT2D eigenvalue weighted by Crippen LogP contribution is 2.24. The Hall–Kier alpha value is -2.35. The summed E-state index contributed by atoms with van der Waals surface area (Å²) in [7, 11) is 0. The molecule has 0 heterocycles. The van der Waals surface area contributed by atoms with Crippen molar-refractivity contribution in [2.75, 3.05) is 46.1 Å². The fraction of sp³-hybridized carbons (Fsp3) is 0.857. The molecule has 0 aromatic carbocycles. The third-order valence-corrected chi connectivity index (χ3v) is 10.9. The van der Waals surface area contributed by atoms with E-state index >= 15 is 0 Å². The van der Waals surface area contributed by atoms with Gasteiger partial charge < -0.3 is 23.8 Å². The van der Waals surface area contributed by atoms with Crippen LogP contribution in [0, 0.1) is 11.8 Å². The zero-order valence-electron chi connectivity index (χ0n) is 38.0. The minimum Gasteiger partial charge on any atom is -0.465 e. The van der Waals surface area contributed by atoms with Crippen molar-refractivity contribution >= 4 is 18.1 Å². The van der Waals surface area contributed by atoms with E-state index < -0.39 is 12.1 Å². The van der Waals surface area contributed by atoms with Gasteiger partial charge in [-0.1, -0.05) is 168 Å². The summed E-state index contributed by atoms with van der Waals surface area (Å²) in [4.78, 5) is 40.1. The summed E-state index contributed by atoms with van der Waals surface area (Å²) < 4.78 is 21.9. The molecule has 8 nitrogen and oxygen atoms in total. The van der Waals surface area contributed by atoms with E-state index in [9.17, 15) is 14.4 Å². The third-order valence-electron chi connectivity index (χ3n) is 10.9. The molecule has 0 bridgehead atoms. The van der Waals surface area contributed by atoms with E-state index in [-0.39, 0.29) is 38.4 Å². The molecule has 0 aliphatic heterocycles. The summed E-state index contributed by atoms with van der Waals surface area (Å²) in [5.74, 6) is -0.310. The molecule has 0 rings (SSSR count). The first-order valence-electron chi connectivity index (χ1n) is 24.0. The van der Waals surface area contributed by atoms with E-state index in [1.807, 2.05) is 0 Å². The molecule has 0 amide bonds. The lowest BCUT2D eigenvalue weighted by atomic mass is 9.90. The van der Waals surface area contributed by atoms with Crippen LogP contribution in [0.2, 0.25) is 0 Å². The molecule has 0 spiro atoms. The second-order valence-corrected chi connectivity index (χ2v) is 16.2. The van der Waals surface area contributed by atoms with Crippen LogP contribution in [0.4, 0.5) is 4.79 Å². The second kappa shape index (κ2) is 43.2. The number of carbonyl (C=O) groups excluding carboxylic acids is 3. The molecule has 334 valence electrons. The van der Waals surface area contributed by atoms with Crippen LogP contribution < -0.4 is 0 Å². The molecule has 0 aromatic heterocycles. The molecule has 0 radical (unpaired) electrons. The third kappa shape index (κ3) is 38.9. The van der Waals surface area contributed by atoms with Gasteiger partial charge in [0.2, 0.25) is 0 Å². The van der Waals surface area contributed by atoms with Crippen molar-refractivity contribution in [3.63, 3.8) is 0 Å². The highest BCUT2D eigenvalue weighted by Gasteiger charge is 2.19. The Morgan fingerprint density at radius 3 is 1.49 bits per heavy atom. The van der Waals surface area contributed by atoms with Gasteiger partial charge in [0.05, 0.1) is 12.5 Å². The van der Waals surface area contributed by atoms with E-state index in [1.165, 1.54) is 109 Å². The van der Waals surface area contributed by atoms with Crippen LogP contribution in [0.3, 0.4) is 0 Å². The summed E-state index contributed by atoms with van der Waals surface area (Å²) >= 11 is 0. The molecule has 8 heteroatoms. The lowest BCUT2D eigenvalue weighted by Crippen LogP contribution is -2.27. The highest BCUT2D eigenvalue weighted by molar-refractivity contribution is 5.69. The summed E-state index contributed by atoms with van der Waals surface area (Å²) in [6, 6.07) is 0. The Labute approximate surface area is 352 Å². The fourth-order valence-electron chi connectivity index (χ4n) is 7.04. The van der Waals surface area contributed by atoms with Gasteiger partial charge in [0.1, 0.15) is 19.8 Å². The van der Waals surface area contributed by atoms with E-state index in [0.717, 1.165) is 77.4 Å². The molecular formula is C49H91NO7. The summed E-state index contributed by atoms with van der Waals surface area (Å²) in [5, 5.41) is 0. The minimum absolute atomic E-state index is 0.0275. The van der Waals surface area contributed by atoms with Gasteiger partial charge in [0, 0.05) is 19.4 Å². The molecule has 57 heavy (non-hydrogen) atoms. The number of rotatable bonds is 42. The Balaban J connectivity index is 4.71. The van der Waals surface area contributed by atoms with Gasteiger partial charge in [-0.2, -0.15) is 0 Å². The quantitative estimate of drug-likeness (QED) is 0.0261. The Kier molecular flexibility index (Phi) is 41.5. The van der Waals surface area contributed by atoms with Crippen molar-refractivity contribution in [1.29, 1.82) is 0 Å². The van der Waals surface area contributed by atoms with E-state index in [4.69, 9.17) is 18.9 Å². The number of unbranched alkanes of at least 4 members (excludes halogenated alkanes) is 16. The van der Waals surface area contributed by atoms with Crippen molar-refractivity contribution in [3.8, 4) is 0 Å². The number of esters is 2. The van der Waals surface area contributed by atoms with Gasteiger partial charge in [-0.3, -0.25) is 9.59 Å².